The summed E-state index contributed by atoms with van der Waals surface area (Å²) in [6.07, 6.45) is 2.29. The summed E-state index contributed by atoms with van der Waals surface area (Å²) in [7, 11) is 1.78. The molecule has 0 aromatic carbocycles. The molecule has 0 spiro atoms. The molecule has 0 aliphatic carbocycles. The Bertz CT molecular complexity index is 295. The summed E-state index contributed by atoms with van der Waals surface area (Å²) in [6, 6.07) is 2.40. The molecule has 0 radical (unpaired) electrons. The summed E-state index contributed by atoms with van der Waals surface area (Å²) in [5, 5.41) is 9.07. The Kier molecular flexibility index (Phi) is 35.5. The second kappa shape index (κ2) is 19.0. The van der Waals surface area contributed by atoms with Crippen molar-refractivity contribution < 1.29 is 4.79 Å². The zero-order valence-corrected chi connectivity index (χ0v) is 11.7. The summed E-state index contributed by atoms with van der Waals surface area (Å²) >= 11 is 0. The van der Waals surface area contributed by atoms with Crippen LogP contribution < -0.4 is 5.73 Å². The number of carbonyl (C=O) groups is 1. The van der Waals surface area contributed by atoms with E-state index >= 15 is 0 Å². The van der Waals surface area contributed by atoms with Gasteiger partial charge in [0.2, 0.25) is 5.91 Å². The maximum absolute atomic E-state index is 11.4. The van der Waals surface area contributed by atoms with Gasteiger partial charge in [-0.15, -0.1) is 0 Å². The zero-order valence-electron chi connectivity index (χ0n) is 11.7. The first-order chi connectivity index (χ1) is 7.73. The van der Waals surface area contributed by atoms with Gasteiger partial charge >= 0.3 is 0 Å². The first kappa shape index (κ1) is 43.1. The Balaban J connectivity index is -0.0000000853. The van der Waals surface area contributed by atoms with E-state index in [2.05, 4.69) is 6.07 Å². The van der Waals surface area contributed by atoms with E-state index < -0.39 is 5.41 Å². The maximum Gasteiger partial charge on any atom is 0.219 e. The van der Waals surface area contributed by atoms with Crippen LogP contribution in [0.5, 0.6) is 0 Å². The fourth-order valence-electron chi connectivity index (χ4n) is 1.79. The number of hydrogen-bond acceptors (Lipinski definition) is 3. The quantitative estimate of drug-likeness (QED) is 0.675. The average Bonchev–Trinajstić information content (AvgIpc) is 2.26. The van der Waals surface area contributed by atoms with E-state index in [4.69, 9.17) is 11.0 Å². The molecule has 0 saturated heterocycles. The molecule has 4 heteroatoms. The van der Waals surface area contributed by atoms with Gasteiger partial charge in [0.15, 0.2) is 0 Å². The minimum atomic E-state index is -0.429. The highest BCUT2D eigenvalue weighted by molar-refractivity contribution is 5.73. The first-order valence-electron chi connectivity index (χ1n) is 6.13. The second-order valence-electron chi connectivity index (χ2n) is 5.39. The lowest BCUT2D eigenvalue weighted by molar-refractivity contribution is -0.130. The van der Waals surface area contributed by atoms with Crippen molar-refractivity contribution in [2.24, 2.45) is 11.1 Å². The van der Waals surface area contributed by atoms with Crippen molar-refractivity contribution in [2.45, 2.75) is 104 Å². The van der Waals surface area contributed by atoms with Crippen LogP contribution in [0.15, 0.2) is 0 Å². The Labute approximate surface area is 149 Å². The summed E-state index contributed by atoms with van der Waals surface area (Å²) in [5.74, 6) is 0.0204. The highest BCUT2D eigenvalue weighted by Crippen LogP contribution is 2.25. The second-order valence-corrected chi connectivity index (χ2v) is 5.39. The summed E-state index contributed by atoms with van der Waals surface area (Å²) in [4.78, 5) is 13.1. The first-order valence-corrected chi connectivity index (χ1v) is 6.13. The monoisotopic (exact) mass is 335 g/mol. The molecule has 0 aliphatic rings. The minimum absolute atomic E-state index is 0. The number of nitrogens with two attached hydrogens (primary N) is 1. The molecule has 0 rings (SSSR count). The average molecular weight is 336 g/mol. The predicted octanol–water partition coefficient (Wildman–Crippen LogP) is 5.72. The number of carbonyl (C=O) groups excluding carboxylic acids is 1. The summed E-state index contributed by atoms with van der Waals surface area (Å²) in [5.41, 5.74) is 5.52. The van der Waals surface area contributed by atoms with Gasteiger partial charge < -0.3 is 10.6 Å². The maximum atomic E-state index is 11.4. The van der Waals surface area contributed by atoms with Crippen molar-refractivity contribution in [2.75, 3.05) is 7.05 Å². The van der Waals surface area contributed by atoms with Gasteiger partial charge in [-0.25, -0.2) is 0 Å². The third-order valence-electron chi connectivity index (χ3n) is 3.19. The van der Waals surface area contributed by atoms with Crippen LogP contribution in [0, 0.1) is 16.7 Å². The minimum Gasteiger partial charge on any atom is -0.343 e. The Morgan fingerprint density at radius 2 is 1.57 bits per heavy atom. The van der Waals surface area contributed by atoms with E-state index in [-0.39, 0.29) is 62.6 Å². The topological polar surface area (TPSA) is 70.1 Å². The summed E-state index contributed by atoms with van der Waals surface area (Å²) < 4.78 is 0. The van der Waals surface area contributed by atoms with Crippen LogP contribution in [0.2, 0.25) is 0 Å². The van der Waals surface area contributed by atoms with E-state index in [0.717, 1.165) is 12.8 Å². The number of hydrogen-bond donors (Lipinski definition) is 1. The van der Waals surface area contributed by atoms with Gasteiger partial charge in [-0.1, -0.05) is 51.5 Å². The lowest BCUT2D eigenvalue weighted by Gasteiger charge is -2.33. The van der Waals surface area contributed by atoms with Crippen LogP contribution in [0.3, 0.4) is 0 Å². The molecular formula is C19H49N3O. The Morgan fingerprint density at radius 3 is 1.83 bits per heavy atom. The Morgan fingerprint density at radius 1 is 1.17 bits per heavy atom. The van der Waals surface area contributed by atoms with E-state index in [1.54, 1.807) is 18.9 Å². The van der Waals surface area contributed by atoms with Crippen LogP contribution in [-0.2, 0) is 4.79 Å². The van der Waals surface area contributed by atoms with Gasteiger partial charge in [-0.2, -0.15) is 5.26 Å². The van der Waals surface area contributed by atoms with Crippen LogP contribution in [-0.4, -0.2) is 29.9 Å². The number of nitrogens with zero attached hydrogens (tertiary/aromatic N) is 2. The van der Waals surface area contributed by atoms with Crippen molar-refractivity contribution in [3.8, 4) is 6.07 Å². The molecule has 2 atom stereocenters. The molecule has 23 heavy (non-hydrogen) atoms. The normalized spacial score (nSPS) is 11.0. The molecule has 0 bridgehead atoms. The van der Waals surface area contributed by atoms with Gasteiger partial charge in [0.1, 0.15) is 0 Å². The lowest BCUT2D eigenvalue weighted by atomic mass is 9.84. The molecule has 0 aromatic heterocycles. The summed E-state index contributed by atoms with van der Waals surface area (Å²) in [6.45, 7) is 7.37. The SMILES string of the molecule is C.C.C.C.C.C.CCC(N)CC(CC(C)(C)C#N)N(C)C(C)=O. The van der Waals surface area contributed by atoms with Crippen LogP contribution in [0.1, 0.15) is 91.5 Å². The number of rotatable bonds is 6. The highest BCUT2D eigenvalue weighted by Gasteiger charge is 2.27. The van der Waals surface area contributed by atoms with Crippen molar-refractivity contribution in [1.29, 1.82) is 5.26 Å². The van der Waals surface area contributed by atoms with Gasteiger partial charge in [0.25, 0.3) is 0 Å². The third-order valence-corrected chi connectivity index (χ3v) is 3.19. The largest absolute Gasteiger partial charge is 0.343 e. The van der Waals surface area contributed by atoms with Gasteiger partial charge in [-0.3, -0.25) is 4.79 Å². The molecule has 0 saturated carbocycles. The van der Waals surface area contributed by atoms with E-state index in [9.17, 15) is 4.79 Å². The van der Waals surface area contributed by atoms with E-state index in [0.29, 0.717) is 6.42 Å². The molecule has 0 aliphatic heterocycles. The van der Waals surface area contributed by atoms with Crippen molar-refractivity contribution >= 4 is 5.91 Å². The smallest absolute Gasteiger partial charge is 0.219 e. The molecule has 1 amide bonds. The van der Waals surface area contributed by atoms with Crippen molar-refractivity contribution in [3.63, 3.8) is 0 Å². The predicted molar refractivity (Wildman–Crippen MR) is 110 cm³/mol. The molecule has 4 nitrogen and oxygen atoms in total. The highest BCUT2D eigenvalue weighted by atomic mass is 16.2. The number of amides is 1. The molecule has 2 unspecified atom stereocenters. The standard InChI is InChI=1S/C13H25N3O.6CH4/c1-6-11(15)7-12(16(5)10(2)17)8-13(3,4)9-14;;;;;;/h11-12H,6-8,15H2,1-5H3;6*1H4. The third kappa shape index (κ3) is 17.1. The molecular weight excluding hydrogens is 286 g/mol. The molecule has 0 heterocycles. The van der Waals surface area contributed by atoms with Crippen molar-refractivity contribution in [1.82, 2.24) is 4.90 Å². The fraction of sp³-hybridized carbons (Fsp3) is 0.895. The lowest BCUT2D eigenvalue weighted by Crippen LogP contribution is -2.42. The van der Waals surface area contributed by atoms with E-state index in [1.165, 1.54) is 0 Å². The molecule has 0 aromatic rings. The van der Waals surface area contributed by atoms with Gasteiger partial charge in [0, 0.05) is 26.1 Å². The van der Waals surface area contributed by atoms with Crippen LogP contribution in [0.25, 0.3) is 0 Å². The number of nitriles is 1. The fourth-order valence-corrected chi connectivity index (χ4v) is 1.79. The van der Waals surface area contributed by atoms with E-state index in [1.807, 2.05) is 20.8 Å². The van der Waals surface area contributed by atoms with Gasteiger partial charge in [0.05, 0.1) is 11.5 Å². The molecule has 146 valence electrons. The van der Waals surface area contributed by atoms with Crippen molar-refractivity contribution in [3.05, 3.63) is 0 Å². The van der Waals surface area contributed by atoms with Gasteiger partial charge in [-0.05, 0) is 33.1 Å². The Hall–Kier alpha value is -1.08. The molecule has 0 fully saturated rings. The van der Waals surface area contributed by atoms with Crippen LogP contribution in [0.4, 0.5) is 0 Å². The molecule has 2 N–H and O–H groups in total. The van der Waals surface area contributed by atoms with Crippen LogP contribution >= 0.6 is 0 Å². The zero-order chi connectivity index (χ0) is 13.6.